The third-order valence-electron chi connectivity index (χ3n) is 2.24. The van der Waals surface area contributed by atoms with Crippen LogP contribution in [-0.2, 0) is 17.8 Å². The highest BCUT2D eigenvalue weighted by Crippen LogP contribution is 2.19. The number of aliphatic hydroxyl groups is 1. The van der Waals surface area contributed by atoms with E-state index in [1.54, 1.807) is 0 Å². The Hall–Kier alpha value is -0.860. The Kier molecular flexibility index (Phi) is 2.11. The smallest absolute Gasteiger partial charge is 0.0850 e. The van der Waals surface area contributed by atoms with E-state index < -0.39 is 0 Å². The Balaban J connectivity index is 2.23. The van der Waals surface area contributed by atoms with Gasteiger partial charge in [-0.15, -0.1) is 0 Å². The summed E-state index contributed by atoms with van der Waals surface area (Å²) in [5, 5.41) is 8.89. The molecule has 0 bridgehead atoms. The van der Waals surface area contributed by atoms with Crippen molar-refractivity contribution >= 4 is 0 Å². The second kappa shape index (κ2) is 3.25. The van der Waals surface area contributed by atoms with Crippen molar-refractivity contribution in [1.82, 2.24) is 0 Å². The monoisotopic (exact) mass is 164 g/mol. The number of fused-ring (bicyclic) bond motifs is 1. The molecule has 0 unspecified atom stereocenters. The van der Waals surface area contributed by atoms with Gasteiger partial charge in [0.2, 0.25) is 0 Å². The fourth-order valence-corrected chi connectivity index (χ4v) is 1.53. The highest BCUT2D eigenvalue weighted by Gasteiger charge is 2.16. The molecule has 1 heterocycles. The molecule has 1 atom stereocenters. The average molecular weight is 164 g/mol. The van der Waals surface area contributed by atoms with E-state index in [1.165, 1.54) is 11.1 Å². The van der Waals surface area contributed by atoms with E-state index >= 15 is 0 Å². The molecule has 2 nitrogen and oxygen atoms in total. The van der Waals surface area contributed by atoms with Gasteiger partial charge in [0.05, 0.1) is 19.3 Å². The molecule has 0 saturated carbocycles. The van der Waals surface area contributed by atoms with Crippen LogP contribution in [0, 0.1) is 0 Å². The highest BCUT2D eigenvalue weighted by molar-refractivity contribution is 5.28. The van der Waals surface area contributed by atoms with Crippen LogP contribution in [0.3, 0.4) is 0 Å². The van der Waals surface area contributed by atoms with Gasteiger partial charge in [-0.3, -0.25) is 0 Å². The number of hydrogen-bond acceptors (Lipinski definition) is 2. The van der Waals surface area contributed by atoms with Gasteiger partial charge in [-0.1, -0.05) is 24.3 Å². The minimum Gasteiger partial charge on any atom is -0.394 e. The lowest BCUT2D eigenvalue weighted by Gasteiger charge is -2.23. The van der Waals surface area contributed by atoms with Crippen LogP contribution in [0.2, 0.25) is 0 Å². The van der Waals surface area contributed by atoms with Crippen LogP contribution in [0.5, 0.6) is 0 Å². The molecule has 12 heavy (non-hydrogen) atoms. The molecule has 0 aromatic heterocycles. The summed E-state index contributed by atoms with van der Waals surface area (Å²) in [4.78, 5) is 0. The Morgan fingerprint density at radius 1 is 1.33 bits per heavy atom. The van der Waals surface area contributed by atoms with Gasteiger partial charge < -0.3 is 9.84 Å². The van der Waals surface area contributed by atoms with Gasteiger partial charge in [-0.2, -0.15) is 0 Å². The van der Waals surface area contributed by atoms with E-state index in [0.717, 1.165) is 6.42 Å². The van der Waals surface area contributed by atoms with E-state index in [-0.39, 0.29) is 12.7 Å². The summed E-state index contributed by atoms with van der Waals surface area (Å²) in [7, 11) is 0. The molecule has 1 aliphatic heterocycles. The van der Waals surface area contributed by atoms with E-state index in [4.69, 9.17) is 9.84 Å². The van der Waals surface area contributed by atoms with Crippen LogP contribution in [0.4, 0.5) is 0 Å². The van der Waals surface area contributed by atoms with Gasteiger partial charge in [0.1, 0.15) is 0 Å². The molecule has 1 N–H and O–H groups in total. The fraction of sp³-hybridized carbons (Fsp3) is 0.400. The maximum absolute atomic E-state index is 8.89. The fourth-order valence-electron chi connectivity index (χ4n) is 1.53. The van der Waals surface area contributed by atoms with E-state index in [1.807, 2.05) is 12.1 Å². The summed E-state index contributed by atoms with van der Waals surface area (Å²) >= 11 is 0. The molecule has 0 aliphatic carbocycles. The van der Waals surface area contributed by atoms with Gasteiger partial charge in [0, 0.05) is 6.42 Å². The molecule has 1 aliphatic rings. The predicted octanol–water partition coefficient (Wildman–Crippen LogP) is 1.12. The molecule has 0 saturated heterocycles. The van der Waals surface area contributed by atoms with Crippen LogP contribution < -0.4 is 0 Å². The van der Waals surface area contributed by atoms with E-state index in [9.17, 15) is 0 Å². The number of aliphatic hydroxyl groups excluding tert-OH is 1. The van der Waals surface area contributed by atoms with Crippen molar-refractivity contribution in [1.29, 1.82) is 0 Å². The molecule has 0 spiro atoms. The SMILES string of the molecule is OC[C@H]1Cc2ccccc2CO1. The quantitative estimate of drug-likeness (QED) is 0.674. The molecule has 2 rings (SSSR count). The molecular weight excluding hydrogens is 152 g/mol. The molecule has 64 valence electrons. The van der Waals surface area contributed by atoms with Crippen molar-refractivity contribution in [2.75, 3.05) is 6.61 Å². The first kappa shape index (κ1) is 7.77. The zero-order chi connectivity index (χ0) is 8.39. The largest absolute Gasteiger partial charge is 0.394 e. The maximum atomic E-state index is 8.89. The molecule has 2 heteroatoms. The second-order valence-electron chi connectivity index (χ2n) is 3.09. The number of benzene rings is 1. The standard InChI is InChI=1S/C10H12O2/c11-6-10-5-8-3-1-2-4-9(8)7-12-10/h1-4,10-11H,5-7H2/t10-/m1/s1. The minimum atomic E-state index is -0.0000926. The molecule has 1 aromatic rings. The molecule has 0 amide bonds. The normalized spacial score (nSPS) is 21.9. The number of hydrogen-bond donors (Lipinski definition) is 1. The highest BCUT2D eigenvalue weighted by atomic mass is 16.5. The van der Waals surface area contributed by atoms with Crippen molar-refractivity contribution in [3.63, 3.8) is 0 Å². The maximum Gasteiger partial charge on any atom is 0.0850 e. The Bertz CT molecular complexity index is 270. The Morgan fingerprint density at radius 3 is 2.83 bits per heavy atom. The van der Waals surface area contributed by atoms with Crippen LogP contribution in [0.1, 0.15) is 11.1 Å². The molecular formula is C10H12O2. The van der Waals surface area contributed by atoms with Crippen LogP contribution in [-0.4, -0.2) is 17.8 Å². The summed E-state index contributed by atoms with van der Waals surface area (Å²) in [6.07, 6.45) is 0.840. The summed E-state index contributed by atoms with van der Waals surface area (Å²) in [5.74, 6) is 0. The van der Waals surface area contributed by atoms with Gasteiger partial charge in [-0.05, 0) is 11.1 Å². The van der Waals surface area contributed by atoms with Crippen molar-refractivity contribution in [2.45, 2.75) is 19.1 Å². The van der Waals surface area contributed by atoms with Crippen molar-refractivity contribution in [3.8, 4) is 0 Å². The van der Waals surface area contributed by atoms with Crippen LogP contribution in [0.15, 0.2) is 24.3 Å². The first-order valence-corrected chi connectivity index (χ1v) is 4.19. The lowest BCUT2D eigenvalue weighted by Crippen LogP contribution is -2.25. The second-order valence-corrected chi connectivity index (χ2v) is 3.09. The van der Waals surface area contributed by atoms with Crippen LogP contribution in [0.25, 0.3) is 0 Å². The summed E-state index contributed by atoms with van der Waals surface area (Å²) in [6, 6.07) is 8.21. The molecule has 0 radical (unpaired) electrons. The van der Waals surface area contributed by atoms with Crippen molar-refractivity contribution in [2.24, 2.45) is 0 Å². The van der Waals surface area contributed by atoms with Crippen LogP contribution >= 0.6 is 0 Å². The summed E-state index contributed by atoms with van der Waals surface area (Å²) < 4.78 is 5.40. The summed E-state index contributed by atoms with van der Waals surface area (Å²) in [5.41, 5.74) is 2.56. The first-order valence-electron chi connectivity index (χ1n) is 4.19. The minimum absolute atomic E-state index is 0.0000926. The lowest BCUT2D eigenvalue weighted by molar-refractivity contribution is -0.00701. The zero-order valence-corrected chi connectivity index (χ0v) is 6.86. The van der Waals surface area contributed by atoms with Crippen molar-refractivity contribution in [3.05, 3.63) is 35.4 Å². The van der Waals surface area contributed by atoms with Gasteiger partial charge in [0.15, 0.2) is 0 Å². The third-order valence-corrected chi connectivity index (χ3v) is 2.24. The molecule has 1 aromatic carbocycles. The topological polar surface area (TPSA) is 29.5 Å². The third kappa shape index (κ3) is 1.36. The Labute approximate surface area is 71.8 Å². The zero-order valence-electron chi connectivity index (χ0n) is 6.86. The van der Waals surface area contributed by atoms with Gasteiger partial charge in [-0.25, -0.2) is 0 Å². The predicted molar refractivity (Wildman–Crippen MR) is 45.8 cm³/mol. The van der Waals surface area contributed by atoms with E-state index in [2.05, 4.69) is 12.1 Å². The average Bonchev–Trinajstić information content (AvgIpc) is 2.17. The Morgan fingerprint density at radius 2 is 2.08 bits per heavy atom. The molecule has 0 fully saturated rings. The van der Waals surface area contributed by atoms with Crippen molar-refractivity contribution < 1.29 is 9.84 Å². The number of rotatable bonds is 1. The first-order chi connectivity index (χ1) is 5.90. The lowest BCUT2D eigenvalue weighted by atomic mass is 10.00. The van der Waals surface area contributed by atoms with Gasteiger partial charge >= 0.3 is 0 Å². The van der Waals surface area contributed by atoms with Gasteiger partial charge in [0.25, 0.3) is 0 Å². The van der Waals surface area contributed by atoms with E-state index in [0.29, 0.717) is 6.61 Å². The summed E-state index contributed by atoms with van der Waals surface area (Å²) in [6.45, 7) is 0.760. The number of ether oxygens (including phenoxy) is 1.